The predicted octanol–water partition coefficient (Wildman–Crippen LogP) is 4.69. The predicted molar refractivity (Wildman–Crippen MR) is 102 cm³/mol. The Morgan fingerprint density at radius 2 is 1.84 bits per heavy atom. The number of methoxy groups -OCH3 is 1. The highest BCUT2D eigenvalue weighted by Gasteiger charge is 2.25. The maximum atomic E-state index is 6.62. The lowest BCUT2D eigenvalue weighted by Crippen LogP contribution is -2.41. The number of rotatable bonds is 5. The Hall–Kier alpha value is -1.17. The zero-order chi connectivity index (χ0) is 17.8. The van der Waals surface area contributed by atoms with Gasteiger partial charge in [-0.15, -0.1) is 0 Å². The fourth-order valence-electron chi connectivity index (χ4n) is 2.69. The molecule has 0 radical (unpaired) electrons. The standard InChI is InChI=1S/C18H18Cl3NO3/c1-23-17-16(21)14(19)13(11-5-3-2-4-6-11)15(20)18(17)25-10-12-9-22-7-8-24-12/h2-6,12,22H,7-10H2,1H3/t12-/m0/s1. The molecule has 0 bridgehead atoms. The van der Waals surface area contributed by atoms with Gasteiger partial charge in [-0.1, -0.05) is 65.1 Å². The van der Waals surface area contributed by atoms with Gasteiger partial charge in [0, 0.05) is 18.7 Å². The fraction of sp³-hybridized carbons (Fsp3) is 0.333. The van der Waals surface area contributed by atoms with Crippen molar-refractivity contribution in [3.63, 3.8) is 0 Å². The molecule has 1 saturated heterocycles. The molecule has 134 valence electrons. The van der Waals surface area contributed by atoms with Crippen molar-refractivity contribution in [2.45, 2.75) is 6.10 Å². The van der Waals surface area contributed by atoms with Crippen LogP contribution < -0.4 is 14.8 Å². The van der Waals surface area contributed by atoms with Crippen molar-refractivity contribution >= 4 is 34.8 Å². The van der Waals surface area contributed by atoms with Crippen LogP contribution >= 0.6 is 34.8 Å². The van der Waals surface area contributed by atoms with Crippen molar-refractivity contribution in [1.29, 1.82) is 0 Å². The summed E-state index contributed by atoms with van der Waals surface area (Å²) in [4.78, 5) is 0. The van der Waals surface area contributed by atoms with Crippen LogP contribution in [-0.2, 0) is 4.74 Å². The first-order valence-electron chi connectivity index (χ1n) is 7.88. The average molecular weight is 403 g/mol. The van der Waals surface area contributed by atoms with E-state index in [2.05, 4.69) is 5.32 Å². The second-order valence-corrected chi connectivity index (χ2v) is 6.69. The van der Waals surface area contributed by atoms with E-state index < -0.39 is 0 Å². The topological polar surface area (TPSA) is 39.7 Å². The van der Waals surface area contributed by atoms with Gasteiger partial charge in [0.15, 0.2) is 11.5 Å². The van der Waals surface area contributed by atoms with Crippen molar-refractivity contribution in [1.82, 2.24) is 5.32 Å². The van der Waals surface area contributed by atoms with Crippen molar-refractivity contribution < 1.29 is 14.2 Å². The molecular formula is C18H18Cl3NO3. The molecule has 1 atom stereocenters. The number of ether oxygens (including phenoxy) is 3. The highest BCUT2D eigenvalue weighted by molar-refractivity contribution is 6.47. The number of hydrogen-bond donors (Lipinski definition) is 1. The van der Waals surface area contributed by atoms with E-state index in [1.165, 1.54) is 7.11 Å². The summed E-state index contributed by atoms with van der Waals surface area (Å²) in [5.74, 6) is 0.687. The van der Waals surface area contributed by atoms with Crippen LogP contribution in [0.3, 0.4) is 0 Å². The summed E-state index contributed by atoms with van der Waals surface area (Å²) in [5.41, 5.74) is 1.47. The van der Waals surface area contributed by atoms with Crippen LogP contribution in [0.2, 0.25) is 15.1 Å². The Morgan fingerprint density at radius 3 is 2.48 bits per heavy atom. The van der Waals surface area contributed by atoms with Gasteiger partial charge in [0.1, 0.15) is 17.7 Å². The first-order chi connectivity index (χ1) is 12.1. The molecule has 0 saturated carbocycles. The van der Waals surface area contributed by atoms with Crippen LogP contribution in [0.15, 0.2) is 30.3 Å². The summed E-state index contributed by atoms with van der Waals surface area (Å²) >= 11 is 19.5. The normalized spacial score (nSPS) is 17.4. The Labute approximate surface area is 161 Å². The molecule has 1 aliphatic rings. The summed E-state index contributed by atoms with van der Waals surface area (Å²) in [6.07, 6.45) is -0.0656. The van der Waals surface area contributed by atoms with E-state index in [1.54, 1.807) is 0 Å². The summed E-state index contributed by atoms with van der Waals surface area (Å²) in [6.45, 7) is 2.53. The molecule has 0 aromatic heterocycles. The third-order valence-corrected chi connectivity index (χ3v) is 5.12. The summed E-state index contributed by atoms with van der Waals surface area (Å²) in [6, 6.07) is 9.55. The van der Waals surface area contributed by atoms with Gasteiger partial charge in [0.2, 0.25) is 0 Å². The lowest BCUT2D eigenvalue weighted by molar-refractivity contribution is -0.000227. The first kappa shape index (κ1) is 18.6. The van der Waals surface area contributed by atoms with Crippen LogP contribution in [0.25, 0.3) is 11.1 Å². The molecule has 1 aliphatic heterocycles. The largest absolute Gasteiger partial charge is 0.491 e. The SMILES string of the molecule is COc1c(Cl)c(Cl)c(-c2ccccc2)c(Cl)c1OC[C@@H]1CNCCO1. The number of benzene rings is 2. The lowest BCUT2D eigenvalue weighted by atomic mass is 10.0. The van der Waals surface area contributed by atoms with E-state index in [-0.39, 0.29) is 11.1 Å². The number of nitrogens with one attached hydrogen (secondary N) is 1. The Bertz CT molecular complexity index is 734. The maximum absolute atomic E-state index is 6.62. The number of halogens is 3. The lowest BCUT2D eigenvalue weighted by Gasteiger charge is -2.25. The minimum absolute atomic E-state index is 0.0656. The monoisotopic (exact) mass is 401 g/mol. The zero-order valence-electron chi connectivity index (χ0n) is 13.7. The first-order valence-corrected chi connectivity index (χ1v) is 9.01. The molecule has 0 amide bonds. The van der Waals surface area contributed by atoms with Crippen molar-refractivity contribution in [3.05, 3.63) is 45.4 Å². The minimum Gasteiger partial charge on any atom is -0.491 e. The van der Waals surface area contributed by atoms with Gasteiger partial charge in [0.25, 0.3) is 0 Å². The fourth-order valence-corrected chi connectivity index (χ4v) is 3.63. The Morgan fingerprint density at radius 1 is 1.08 bits per heavy atom. The quantitative estimate of drug-likeness (QED) is 0.737. The molecule has 2 aromatic rings. The molecule has 1 heterocycles. The van der Waals surface area contributed by atoms with Crippen LogP contribution in [0.4, 0.5) is 0 Å². The van der Waals surface area contributed by atoms with Crippen LogP contribution in [-0.4, -0.2) is 39.5 Å². The number of hydrogen-bond acceptors (Lipinski definition) is 4. The van der Waals surface area contributed by atoms with Crippen LogP contribution in [0, 0.1) is 0 Å². The number of morpholine rings is 1. The second kappa shape index (κ2) is 8.47. The highest BCUT2D eigenvalue weighted by Crippen LogP contribution is 2.51. The van der Waals surface area contributed by atoms with Crippen LogP contribution in [0.5, 0.6) is 11.5 Å². The van der Waals surface area contributed by atoms with Crippen molar-refractivity contribution in [2.24, 2.45) is 0 Å². The molecule has 4 nitrogen and oxygen atoms in total. The van der Waals surface area contributed by atoms with Crippen LogP contribution in [0.1, 0.15) is 0 Å². The molecule has 25 heavy (non-hydrogen) atoms. The second-order valence-electron chi connectivity index (χ2n) is 5.55. The van der Waals surface area contributed by atoms with Gasteiger partial charge in [-0.3, -0.25) is 0 Å². The smallest absolute Gasteiger partial charge is 0.182 e. The summed E-state index contributed by atoms with van der Waals surface area (Å²) < 4.78 is 17.0. The summed E-state index contributed by atoms with van der Waals surface area (Å²) in [7, 11) is 1.50. The highest BCUT2D eigenvalue weighted by atomic mass is 35.5. The van der Waals surface area contributed by atoms with E-state index in [0.717, 1.165) is 12.1 Å². The van der Waals surface area contributed by atoms with E-state index in [0.29, 0.717) is 46.9 Å². The van der Waals surface area contributed by atoms with Gasteiger partial charge in [0.05, 0.1) is 23.8 Å². The molecule has 1 N–H and O–H groups in total. The molecular weight excluding hydrogens is 385 g/mol. The van der Waals surface area contributed by atoms with E-state index >= 15 is 0 Å². The van der Waals surface area contributed by atoms with Gasteiger partial charge in [-0.25, -0.2) is 0 Å². The third-order valence-electron chi connectivity index (χ3n) is 3.92. The Balaban J connectivity index is 1.99. The molecule has 0 aliphatic carbocycles. The molecule has 2 aromatic carbocycles. The van der Waals surface area contributed by atoms with E-state index in [1.807, 2.05) is 30.3 Å². The van der Waals surface area contributed by atoms with Gasteiger partial charge >= 0.3 is 0 Å². The van der Waals surface area contributed by atoms with E-state index in [4.69, 9.17) is 49.0 Å². The average Bonchev–Trinajstić information content (AvgIpc) is 2.65. The molecule has 7 heteroatoms. The van der Waals surface area contributed by atoms with Crippen molar-refractivity contribution in [3.8, 4) is 22.6 Å². The third kappa shape index (κ3) is 3.99. The van der Waals surface area contributed by atoms with E-state index in [9.17, 15) is 0 Å². The van der Waals surface area contributed by atoms with Gasteiger partial charge < -0.3 is 19.5 Å². The minimum atomic E-state index is -0.0656. The zero-order valence-corrected chi connectivity index (χ0v) is 15.9. The summed E-state index contributed by atoms with van der Waals surface area (Å²) in [5, 5.41) is 4.22. The van der Waals surface area contributed by atoms with Gasteiger partial charge in [-0.2, -0.15) is 0 Å². The Kier molecular flexibility index (Phi) is 6.31. The van der Waals surface area contributed by atoms with Crippen molar-refractivity contribution in [2.75, 3.05) is 33.4 Å². The molecule has 1 fully saturated rings. The molecule has 3 rings (SSSR count). The molecule has 0 unspecified atom stereocenters. The van der Waals surface area contributed by atoms with Gasteiger partial charge in [-0.05, 0) is 5.56 Å². The maximum Gasteiger partial charge on any atom is 0.182 e. The molecule has 0 spiro atoms.